The summed E-state index contributed by atoms with van der Waals surface area (Å²) in [6, 6.07) is 3.74. The second kappa shape index (κ2) is 14.5. The summed E-state index contributed by atoms with van der Waals surface area (Å²) in [5.74, 6) is -2.56. The molecule has 1 fully saturated rings. The van der Waals surface area contributed by atoms with Gasteiger partial charge in [-0.3, -0.25) is 19.4 Å². The van der Waals surface area contributed by atoms with Gasteiger partial charge in [0, 0.05) is 36.6 Å². The molecule has 2 aromatic rings. The second-order valence-electron chi connectivity index (χ2n) is 10.9. The first-order chi connectivity index (χ1) is 19.5. The van der Waals surface area contributed by atoms with Gasteiger partial charge in [-0.05, 0) is 49.7 Å². The summed E-state index contributed by atoms with van der Waals surface area (Å²) in [6.45, 7) is 4.40. The molecule has 2 heterocycles. The van der Waals surface area contributed by atoms with E-state index in [9.17, 15) is 24.3 Å². The van der Waals surface area contributed by atoms with Crippen LogP contribution in [0.4, 0.5) is 0 Å². The smallest absolute Gasteiger partial charge is 0.326 e. The van der Waals surface area contributed by atoms with Crippen LogP contribution < -0.4 is 27.8 Å². The molecule has 13 nitrogen and oxygen atoms in total. The number of hydrogen-bond donors (Lipinski definition) is 7. The summed E-state index contributed by atoms with van der Waals surface area (Å²) in [5.41, 5.74) is 18.6. The fourth-order valence-corrected chi connectivity index (χ4v) is 5.14. The number of carboxylic acid groups (broad SMARTS) is 1. The highest BCUT2D eigenvalue weighted by Crippen LogP contribution is 2.21. The van der Waals surface area contributed by atoms with Crippen molar-refractivity contribution in [3.8, 4) is 0 Å². The van der Waals surface area contributed by atoms with E-state index in [1.54, 1.807) is 6.20 Å². The largest absolute Gasteiger partial charge is 0.480 e. The number of carbonyl (C=O) groups is 4. The molecule has 1 aromatic heterocycles. The van der Waals surface area contributed by atoms with Crippen molar-refractivity contribution in [2.24, 2.45) is 28.1 Å². The number of nitrogens with one attached hydrogen (secondary N) is 3. The van der Waals surface area contributed by atoms with E-state index in [1.807, 2.05) is 38.1 Å². The SMILES string of the molecule is CC(C)CC(N)C(=O)NC(Cc1c[nH]c2ccccc12)C(=O)NC(CCCN=C(N)N)C(=O)N1CCCC1C(=O)O. The fraction of sp³-hybridized carbons (Fsp3) is 0.536. The highest BCUT2D eigenvalue weighted by Gasteiger charge is 2.38. The van der Waals surface area contributed by atoms with Gasteiger partial charge in [0.1, 0.15) is 18.1 Å². The minimum absolute atomic E-state index is 0.0957. The van der Waals surface area contributed by atoms with Crippen molar-refractivity contribution >= 4 is 40.6 Å². The van der Waals surface area contributed by atoms with Gasteiger partial charge in [0.2, 0.25) is 17.7 Å². The number of H-pyrrole nitrogens is 1. The highest BCUT2D eigenvalue weighted by molar-refractivity contribution is 5.95. The van der Waals surface area contributed by atoms with Crippen molar-refractivity contribution < 1.29 is 24.3 Å². The van der Waals surface area contributed by atoms with E-state index in [2.05, 4.69) is 20.6 Å². The van der Waals surface area contributed by atoms with Gasteiger partial charge in [0.15, 0.2) is 5.96 Å². The number of carbonyl (C=O) groups excluding carboxylic acids is 3. The zero-order valence-corrected chi connectivity index (χ0v) is 23.6. The Morgan fingerprint density at radius 1 is 1.12 bits per heavy atom. The van der Waals surface area contributed by atoms with E-state index in [0.29, 0.717) is 25.7 Å². The Kier molecular flexibility index (Phi) is 11.1. The molecular formula is C28H42N8O5. The van der Waals surface area contributed by atoms with Gasteiger partial charge in [-0.15, -0.1) is 0 Å². The number of likely N-dealkylation sites (tertiary alicyclic amines) is 1. The number of guanidine groups is 1. The number of aliphatic imine (C=N–C) groups is 1. The summed E-state index contributed by atoms with van der Waals surface area (Å²) in [6.07, 6.45) is 3.78. The van der Waals surface area contributed by atoms with Crippen LogP contribution in [-0.4, -0.2) is 81.9 Å². The Bertz CT molecular complexity index is 1260. The van der Waals surface area contributed by atoms with E-state index in [1.165, 1.54) is 4.90 Å². The molecule has 0 aliphatic carbocycles. The average molecular weight is 571 g/mol. The van der Waals surface area contributed by atoms with Gasteiger partial charge in [0.05, 0.1) is 6.04 Å². The number of nitrogens with two attached hydrogens (primary N) is 3. The average Bonchev–Trinajstić information content (AvgIpc) is 3.57. The number of amides is 3. The molecule has 4 unspecified atom stereocenters. The molecule has 0 saturated carbocycles. The lowest BCUT2D eigenvalue weighted by atomic mass is 10.0. The molecule has 1 aromatic carbocycles. The van der Waals surface area contributed by atoms with Gasteiger partial charge in [-0.1, -0.05) is 32.0 Å². The molecule has 0 radical (unpaired) electrons. The predicted molar refractivity (Wildman–Crippen MR) is 156 cm³/mol. The number of carboxylic acids is 1. The highest BCUT2D eigenvalue weighted by atomic mass is 16.4. The quantitative estimate of drug-likeness (QED) is 0.0940. The molecule has 10 N–H and O–H groups in total. The maximum Gasteiger partial charge on any atom is 0.326 e. The Balaban J connectivity index is 1.85. The van der Waals surface area contributed by atoms with Crippen molar-refractivity contribution in [2.45, 2.75) is 76.5 Å². The Hall–Kier alpha value is -4.13. The van der Waals surface area contributed by atoms with Crippen molar-refractivity contribution in [2.75, 3.05) is 13.1 Å². The van der Waals surface area contributed by atoms with Crippen LogP contribution in [0.5, 0.6) is 0 Å². The molecule has 1 saturated heterocycles. The lowest BCUT2D eigenvalue weighted by Gasteiger charge is -2.29. The normalized spacial score (nSPS) is 17.2. The fourth-order valence-electron chi connectivity index (χ4n) is 5.14. The van der Waals surface area contributed by atoms with E-state index in [0.717, 1.165) is 16.5 Å². The van der Waals surface area contributed by atoms with Crippen molar-refractivity contribution in [3.05, 3.63) is 36.0 Å². The van der Waals surface area contributed by atoms with Crippen LogP contribution in [0, 0.1) is 5.92 Å². The summed E-state index contributed by atoms with van der Waals surface area (Å²) in [4.78, 5) is 60.4. The first-order valence-corrected chi connectivity index (χ1v) is 14.0. The molecule has 224 valence electrons. The van der Waals surface area contributed by atoms with Gasteiger partial charge < -0.3 is 42.8 Å². The van der Waals surface area contributed by atoms with E-state index >= 15 is 0 Å². The molecule has 41 heavy (non-hydrogen) atoms. The molecule has 4 atom stereocenters. The molecule has 3 amide bonds. The first kappa shape index (κ1) is 31.4. The van der Waals surface area contributed by atoms with Crippen molar-refractivity contribution in [3.63, 3.8) is 0 Å². The number of benzene rings is 1. The third-order valence-corrected chi connectivity index (χ3v) is 7.17. The van der Waals surface area contributed by atoms with Crippen LogP contribution in [0.2, 0.25) is 0 Å². The molecule has 0 spiro atoms. The number of aromatic nitrogens is 1. The maximum atomic E-state index is 13.7. The molecular weight excluding hydrogens is 528 g/mol. The number of aromatic amines is 1. The summed E-state index contributed by atoms with van der Waals surface area (Å²) >= 11 is 0. The van der Waals surface area contributed by atoms with Crippen LogP contribution in [0.3, 0.4) is 0 Å². The van der Waals surface area contributed by atoms with Crippen molar-refractivity contribution in [1.29, 1.82) is 0 Å². The minimum atomic E-state index is -1.09. The van der Waals surface area contributed by atoms with Gasteiger partial charge in [-0.2, -0.15) is 0 Å². The molecule has 0 bridgehead atoms. The number of rotatable bonds is 14. The number of hydrogen-bond acceptors (Lipinski definition) is 6. The number of aliphatic carboxylic acids is 1. The molecule has 1 aliphatic heterocycles. The topological polar surface area (TPSA) is 222 Å². The molecule has 3 rings (SSSR count). The zero-order chi connectivity index (χ0) is 30.1. The zero-order valence-electron chi connectivity index (χ0n) is 23.6. The second-order valence-corrected chi connectivity index (χ2v) is 10.9. The Morgan fingerprint density at radius 2 is 1.83 bits per heavy atom. The summed E-state index contributed by atoms with van der Waals surface area (Å²) in [5, 5.41) is 16.1. The van der Waals surface area contributed by atoms with Gasteiger partial charge in [0.25, 0.3) is 0 Å². The maximum absolute atomic E-state index is 13.7. The first-order valence-electron chi connectivity index (χ1n) is 14.0. The van der Waals surface area contributed by atoms with Crippen LogP contribution in [0.15, 0.2) is 35.5 Å². The Morgan fingerprint density at radius 3 is 2.51 bits per heavy atom. The van der Waals surface area contributed by atoms with Crippen LogP contribution >= 0.6 is 0 Å². The van der Waals surface area contributed by atoms with Gasteiger partial charge in [-0.25, -0.2) is 4.79 Å². The monoisotopic (exact) mass is 570 g/mol. The van der Waals surface area contributed by atoms with E-state index in [4.69, 9.17) is 17.2 Å². The lowest BCUT2D eigenvalue weighted by Crippen LogP contribution is -2.57. The standard InChI is InChI=1S/C28H42N8O5/c1-16(2)13-19(29)24(37)35-22(14-17-15-33-20-8-4-3-7-18(17)20)25(38)34-21(9-5-11-32-28(30)31)26(39)36-12-6-10-23(36)27(40)41/h3-4,7-8,15-16,19,21-23,33H,5-6,9-14,29H2,1-2H3,(H,34,38)(H,35,37)(H,40,41)(H4,30,31,32). The third kappa shape index (κ3) is 8.68. The lowest BCUT2D eigenvalue weighted by molar-refractivity contribution is -0.149. The van der Waals surface area contributed by atoms with Crippen LogP contribution in [0.25, 0.3) is 10.9 Å². The third-order valence-electron chi connectivity index (χ3n) is 7.17. The molecule has 1 aliphatic rings. The van der Waals surface area contributed by atoms with Crippen LogP contribution in [0.1, 0.15) is 51.5 Å². The summed E-state index contributed by atoms with van der Waals surface area (Å²) in [7, 11) is 0. The number of nitrogens with zero attached hydrogens (tertiary/aromatic N) is 2. The van der Waals surface area contributed by atoms with Crippen molar-refractivity contribution in [1.82, 2.24) is 20.5 Å². The molecule has 13 heteroatoms. The Labute approximate surface area is 239 Å². The summed E-state index contributed by atoms with van der Waals surface area (Å²) < 4.78 is 0. The number of para-hydroxylation sites is 1. The number of fused-ring (bicyclic) bond motifs is 1. The van der Waals surface area contributed by atoms with E-state index in [-0.39, 0.29) is 37.8 Å². The van der Waals surface area contributed by atoms with Crippen LogP contribution in [-0.2, 0) is 25.6 Å². The minimum Gasteiger partial charge on any atom is -0.480 e. The predicted octanol–water partition coefficient (Wildman–Crippen LogP) is 0.183. The van der Waals surface area contributed by atoms with Gasteiger partial charge >= 0.3 is 5.97 Å². The van der Waals surface area contributed by atoms with E-state index < -0.39 is 47.9 Å².